The van der Waals surface area contributed by atoms with E-state index in [1.807, 2.05) is 66.7 Å². The second kappa shape index (κ2) is 15.4. The Morgan fingerprint density at radius 2 is 1.51 bits per heavy atom. The van der Waals surface area contributed by atoms with Crippen LogP contribution in [-0.4, -0.2) is 46.7 Å². The number of hydrogen-bond donors (Lipinski definition) is 3. The zero-order valence-electron chi connectivity index (χ0n) is 23.6. The smallest absolute Gasteiger partial charge is 0.303 e. The van der Waals surface area contributed by atoms with E-state index >= 15 is 0 Å². The van der Waals surface area contributed by atoms with Crippen LogP contribution in [0.2, 0.25) is 0 Å². The van der Waals surface area contributed by atoms with E-state index in [1.165, 1.54) is 5.56 Å². The Hall–Kier alpha value is -3.56. The van der Waals surface area contributed by atoms with Crippen LogP contribution in [0.4, 0.5) is 0 Å². The molecule has 3 aromatic rings. The molecule has 1 fully saturated rings. The minimum Gasteiger partial charge on any atom is -0.481 e. The molecule has 1 heterocycles. The topological polar surface area (TPSA) is 108 Å². The predicted molar refractivity (Wildman–Crippen MR) is 156 cm³/mol. The van der Waals surface area contributed by atoms with Gasteiger partial charge in [-0.3, -0.25) is 14.5 Å². The van der Waals surface area contributed by atoms with Crippen LogP contribution < -0.4 is 5.32 Å². The number of ether oxygens (including phenoxy) is 2. The molecule has 41 heavy (non-hydrogen) atoms. The van der Waals surface area contributed by atoms with Crippen LogP contribution in [-0.2, 0) is 38.8 Å². The maximum Gasteiger partial charge on any atom is 0.303 e. The molecule has 4 rings (SSSR count). The molecule has 3 N–H and O–H groups in total. The van der Waals surface area contributed by atoms with Gasteiger partial charge in [0.2, 0.25) is 5.91 Å². The molecule has 0 bridgehead atoms. The van der Waals surface area contributed by atoms with E-state index in [9.17, 15) is 14.7 Å². The van der Waals surface area contributed by atoms with Crippen molar-refractivity contribution in [2.45, 2.75) is 70.3 Å². The number of likely N-dealkylation sites (N-methyl/N-ethyl adjacent to an activating group) is 1. The number of nitrogens with one attached hydrogen (secondary N) is 1. The van der Waals surface area contributed by atoms with E-state index in [1.54, 1.807) is 0 Å². The lowest BCUT2D eigenvalue weighted by molar-refractivity contribution is -0.252. The third kappa shape index (κ3) is 9.79. The maximum atomic E-state index is 12.1. The number of carbonyl (C=O) groups is 2. The van der Waals surface area contributed by atoms with Gasteiger partial charge in [0.1, 0.15) is 0 Å². The maximum absolute atomic E-state index is 12.1. The van der Waals surface area contributed by atoms with Gasteiger partial charge in [-0.15, -0.1) is 0 Å². The number of carbonyl (C=O) groups excluding carboxylic acids is 1. The van der Waals surface area contributed by atoms with Gasteiger partial charge in [0, 0.05) is 44.5 Å². The summed E-state index contributed by atoms with van der Waals surface area (Å²) in [6, 6.07) is 26.1. The summed E-state index contributed by atoms with van der Waals surface area (Å²) < 4.78 is 12.9. The van der Waals surface area contributed by atoms with E-state index in [0.717, 1.165) is 35.3 Å². The minimum absolute atomic E-state index is 0.00196. The molecule has 0 unspecified atom stereocenters. The summed E-state index contributed by atoms with van der Waals surface area (Å²) in [6.45, 7) is 1.97. The van der Waals surface area contributed by atoms with Gasteiger partial charge >= 0.3 is 5.97 Å². The Kier molecular flexibility index (Phi) is 11.5. The molecule has 0 saturated carbocycles. The van der Waals surface area contributed by atoms with E-state index < -0.39 is 12.3 Å². The molecule has 8 heteroatoms. The van der Waals surface area contributed by atoms with Crippen LogP contribution in [0.15, 0.2) is 78.9 Å². The lowest BCUT2D eigenvalue weighted by Crippen LogP contribution is -2.37. The number of aliphatic hydroxyl groups is 1. The number of nitrogens with zero attached hydrogens (tertiary/aromatic N) is 1. The molecule has 1 aliphatic rings. The monoisotopic (exact) mass is 560 g/mol. The quantitative estimate of drug-likeness (QED) is 0.235. The van der Waals surface area contributed by atoms with Gasteiger partial charge in [0.05, 0.1) is 18.8 Å². The molecular weight excluding hydrogens is 520 g/mol. The zero-order valence-corrected chi connectivity index (χ0v) is 23.6. The highest BCUT2D eigenvalue weighted by Crippen LogP contribution is 2.38. The number of rotatable bonds is 14. The molecule has 3 aromatic carbocycles. The standard InChI is InChI=1S/C33H40N2O6/c1-35(21-25-7-3-2-4-8-25)22-29-19-30(27-15-13-26(23-36)14-16-27)41-33(40-29)28-17-11-24(12-18-28)20-34-31(37)9-5-6-10-32(38)39/h2-4,7-8,11-18,29-30,33,36H,5-6,9-10,19-23H2,1H3,(H,34,37)(H,38,39)/t29-,30+,33+/m0/s1. The predicted octanol–water partition coefficient (Wildman–Crippen LogP) is 5.12. The second-order valence-electron chi connectivity index (χ2n) is 10.7. The molecule has 3 atom stereocenters. The van der Waals surface area contributed by atoms with Gasteiger partial charge in [-0.25, -0.2) is 0 Å². The third-order valence-electron chi connectivity index (χ3n) is 7.21. The molecule has 0 aliphatic carbocycles. The van der Waals surface area contributed by atoms with Crippen LogP contribution in [0.5, 0.6) is 0 Å². The first-order valence-electron chi connectivity index (χ1n) is 14.2. The summed E-state index contributed by atoms with van der Waals surface area (Å²) in [4.78, 5) is 25.0. The van der Waals surface area contributed by atoms with E-state index in [0.29, 0.717) is 32.2 Å². The highest BCUT2D eigenvalue weighted by molar-refractivity contribution is 5.75. The fourth-order valence-corrected chi connectivity index (χ4v) is 4.98. The summed E-state index contributed by atoms with van der Waals surface area (Å²) in [5.41, 5.74) is 5.02. The molecule has 1 amide bonds. The number of hydrogen-bond acceptors (Lipinski definition) is 6. The Morgan fingerprint density at radius 3 is 2.20 bits per heavy atom. The second-order valence-corrected chi connectivity index (χ2v) is 10.7. The van der Waals surface area contributed by atoms with Crippen molar-refractivity contribution in [2.75, 3.05) is 13.6 Å². The average molecular weight is 561 g/mol. The van der Waals surface area contributed by atoms with E-state index in [4.69, 9.17) is 14.6 Å². The van der Waals surface area contributed by atoms with Crippen molar-refractivity contribution in [3.63, 3.8) is 0 Å². The lowest BCUT2D eigenvalue weighted by atomic mass is 9.99. The molecule has 0 aromatic heterocycles. The van der Waals surface area contributed by atoms with Gasteiger partial charge in [-0.2, -0.15) is 0 Å². The van der Waals surface area contributed by atoms with Crippen LogP contribution in [0.1, 0.15) is 72.3 Å². The fraction of sp³-hybridized carbons (Fsp3) is 0.394. The van der Waals surface area contributed by atoms with Crippen molar-refractivity contribution in [3.8, 4) is 0 Å². The molecule has 0 radical (unpaired) electrons. The van der Waals surface area contributed by atoms with Crippen molar-refractivity contribution in [1.29, 1.82) is 0 Å². The highest BCUT2D eigenvalue weighted by atomic mass is 16.7. The average Bonchev–Trinajstić information content (AvgIpc) is 2.99. The van der Waals surface area contributed by atoms with E-state index in [-0.39, 0.29) is 31.1 Å². The Balaban J connectivity index is 1.38. The van der Waals surface area contributed by atoms with Crippen LogP contribution >= 0.6 is 0 Å². The number of benzene rings is 3. The molecular formula is C33H40N2O6. The van der Waals surface area contributed by atoms with Crippen molar-refractivity contribution < 1.29 is 29.3 Å². The van der Waals surface area contributed by atoms with Crippen molar-refractivity contribution in [3.05, 3.63) is 107 Å². The first kappa shape index (κ1) is 30.4. The number of aliphatic hydroxyl groups excluding tert-OH is 1. The Labute approximate surface area is 241 Å². The van der Waals surface area contributed by atoms with Gasteiger partial charge in [-0.05, 0) is 42.1 Å². The number of aliphatic carboxylic acids is 1. The van der Waals surface area contributed by atoms with Gasteiger partial charge < -0.3 is 25.0 Å². The molecule has 218 valence electrons. The number of carboxylic acid groups (broad SMARTS) is 1. The summed E-state index contributed by atoms with van der Waals surface area (Å²) in [7, 11) is 2.10. The highest BCUT2D eigenvalue weighted by Gasteiger charge is 2.32. The summed E-state index contributed by atoms with van der Waals surface area (Å²) in [5, 5.41) is 21.1. The minimum atomic E-state index is -0.840. The number of carboxylic acids is 1. The molecule has 0 spiro atoms. The molecule has 1 aliphatic heterocycles. The first-order valence-corrected chi connectivity index (χ1v) is 14.2. The van der Waals surface area contributed by atoms with Gasteiger partial charge in [-0.1, -0.05) is 78.9 Å². The molecule has 1 saturated heterocycles. The SMILES string of the molecule is CN(Cc1ccccc1)C[C@@H]1C[C@H](c2ccc(CO)cc2)O[C@H](c2ccc(CNC(=O)CCCCC(=O)O)cc2)O1. The first-order chi connectivity index (χ1) is 19.9. The summed E-state index contributed by atoms with van der Waals surface area (Å²) in [5.74, 6) is -0.927. The summed E-state index contributed by atoms with van der Waals surface area (Å²) >= 11 is 0. The Morgan fingerprint density at radius 1 is 0.854 bits per heavy atom. The van der Waals surface area contributed by atoms with Crippen molar-refractivity contribution >= 4 is 11.9 Å². The normalized spacial score (nSPS) is 18.8. The largest absolute Gasteiger partial charge is 0.481 e. The van der Waals surface area contributed by atoms with Gasteiger partial charge in [0.15, 0.2) is 6.29 Å². The van der Waals surface area contributed by atoms with E-state index in [2.05, 4.69) is 29.4 Å². The van der Waals surface area contributed by atoms with Crippen molar-refractivity contribution in [2.24, 2.45) is 0 Å². The van der Waals surface area contributed by atoms with Crippen LogP contribution in [0.25, 0.3) is 0 Å². The number of amides is 1. The third-order valence-corrected chi connectivity index (χ3v) is 7.21. The number of unbranched alkanes of at least 4 members (excludes halogenated alkanes) is 1. The van der Waals surface area contributed by atoms with Crippen LogP contribution in [0, 0.1) is 0 Å². The fourth-order valence-electron chi connectivity index (χ4n) is 4.98. The summed E-state index contributed by atoms with van der Waals surface area (Å²) in [6.07, 6.45) is 1.41. The Bertz CT molecular complexity index is 1230. The lowest BCUT2D eigenvalue weighted by Gasteiger charge is -2.38. The van der Waals surface area contributed by atoms with Crippen LogP contribution in [0.3, 0.4) is 0 Å². The zero-order chi connectivity index (χ0) is 29.0. The molecule has 8 nitrogen and oxygen atoms in total. The van der Waals surface area contributed by atoms with Crippen molar-refractivity contribution in [1.82, 2.24) is 10.2 Å². The van der Waals surface area contributed by atoms with Gasteiger partial charge in [0.25, 0.3) is 0 Å².